The van der Waals surface area contributed by atoms with Crippen LogP contribution in [0.15, 0.2) is 36.5 Å². The summed E-state index contributed by atoms with van der Waals surface area (Å²) in [5.41, 5.74) is 0. The number of pyridine rings is 1. The van der Waals surface area contributed by atoms with Gasteiger partial charge in [0.2, 0.25) is 11.8 Å². The monoisotopic (exact) mass is 536 g/mol. The number of imide groups is 1. The molecular formula is C31H44N4O4. The number of amides is 2. The van der Waals surface area contributed by atoms with Crippen LogP contribution in [0, 0.1) is 23.7 Å². The molecule has 3 fully saturated rings. The largest absolute Gasteiger partial charge is 0.459 e. The molecule has 5 atom stereocenters. The van der Waals surface area contributed by atoms with Gasteiger partial charge in [0, 0.05) is 45.3 Å². The fraction of sp³-hybridized carbons (Fsp3) is 0.677. The Bertz CT molecular complexity index is 993. The quantitative estimate of drug-likeness (QED) is 0.153. The molecule has 2 bridgehead atoms. The Kier molecular flexibility index (Phi) is 9.32. The zero-order valence-corrected chi connectivity index (χ0v) is 23.4. The molecule has 0 radical (unpaired) electrons. The number of likely N-dealkylation sites (tertiary alicyclic amines) is 1. The number of hydrogen-bond acceptors (Lipinski definition) is 7. The molecule has 0 N–H and O–H groups in total. The molecule has 8 nitrogen and oxygen atoms in total. The Morgan fingerprint density at radius 2 is 1.59 bits per heavy atom. The zero-order valence-electron chi connectivity index (χ0n) is 23.4. The Hall–Kier alpha value is -2.74. The van der Waals surface area contributed by atoms with Gasteiger partial charge >= 0.3 is 5.97 Å². The number of anilines is 1. The van der Waals surface area contributed by atoms with Crippen molar-refractivity contribution in [2.75, 3.05) is 44.2 Å². The first-order chi connectivity index (χ1) is 19.0. The summed E-state index contributed by atoms with van der Waals surface area (Å²) in [5.74, 6) is 0.514. The molecule has 1 aromatic heterocycles. The number of unbranched alkanes of at least 4 members (excludes halogenated alkanes) is 6. The highest BCUT2D eigenvalue weighted by Gasteiger charge is 2.59. The minimum atomic E-state index is -0.513. The molecule has 1 aromatic rings. The van der Waals surface area contributed by atoms with Crippen LogP contribution in [-0.4, -0.2) is 77.9 Å². The van der Waals surface area contributed by atoms with E-state index >= 15 is 0 Å². The highest BCUT2D eigenvalue weighted by molar-refractivity contribution is 6.06. The lowest BCUT2D eigenvalue weighted by atomic mass is 9.85. The third-order valence-corrected chi connectivity index (χ3v) is 9.04. The van der Waals surface area contributed by atoms with Crippen molar-refractivity contribution < 1.29 is 19.1 Å². The van der Waals surface area contributed by atoms with E-state index in [1.807, 2.05) is 24.4 Å². The molecule has 5 rings (SSSR count). The smallest absolute Gasteiger partial charge is 0.306 e. The number of rotatable bonds is 14. The second kappa shape index (κ2) is 13.1. The van der Waals surface area contributed by atoms with Crippen molar-refractivity contribution in [3.05, 3.63) is 36.5 Å². The van der Waals surface area contributed by atoms with Crippen molar-refractivity contribution in [3.63, 3.8) is 0 Å². The number of nitrogens with zero attached hydrogens (tertiary/aromatic N) is 4. The maximum Gasteiger partial charge on any atom is 0.306 e. The van der Waals surface area contributed by atoms with Gasteiger partial charge in [0.15, 0.2) is 0 Å². The number of carbonyl (C=O) groups is 3. The average molecular weight is 537 g/mol. The van der Waals surface area contributed by atoms with Crippen LogP contribution >= 0.6 is 0 Å². The summed E-state index contributed by atoms with van der Waals surface area (Å²) in [6, 6.07) is 5.94. The lowest BCUT2D eigenvalue weighted by Crippen LogP contribution is -2.51. The lowest BCUT2D eigenvalue weighted by molar-refractivity contribution is -0.155. The molecule has 2 aliphatic heterocycles. The highest BCUT2D eigenvalue weighted by atomic mass is 16.5. The van der Waals surface area contributed by atoms with Crippen molar-refractivity contribution in [3.8, 4) is 0 Å². The fourth-order valence-electron chi connectivity index (χ4n) is 6.94. The number of fused-ring (bicyclic) bond motifs is 5. The number of aromatic nitrogens is 1. The Morgan fingerprint density at radius 1 is 0.923 bits per heavy atom. The second-order valence-corrected chi connectivity index (χ2v) is 11.7. The van der Waals surface area contributed by atoms with Gasteiger partial charge in [-0.25, -0.2) is 4.98 Å². The minimum absolute atomic E-state index is 0.0741. The summed E-state index contributed by atoms with van der Waals surface area (Å²) in [6.07, 6.45) is 14.8. The van der Waals surface area contributed by atoms with Crippen molar-refractivity contribution >= 4 is 23.6 Å². The van der Waals surface area contributed by atoms with E-state index in [0.717, 1.165) is 57.7 Å². The van der Waals surface area contributed by atoms with Gasteiger partial charge < -0.3 is 9.64 Å². The maximum absolute atomic E-state index is 13.3. The van der Waals surface area contributed by atoms with Crippen molar-refractivity contribution in [2.24, 2.45) is 23.7 Å². The van der Waals surface area contributed by atoms with E-state index in [1.165, 1.54) is 30.6 Å². The number of piperazine rings is 1. The Morgan fingerprint density at radius 3 is 2.23 bits per heavy atom. The normalized spacial score (nSPS) is 26.9. The molecule has 2 aliphatic carbocycles. The van der Waals surface area contributed by atoms with Gasteiger partial charge in [0.25, 0.3) is 0 Å². The first kappa shape index (κ1) is 27.8. The summed E-state index contributed by atoms with van der Waals surface area (Å²) >= 11 is 0. The van der Waals surface area contributed by atoms with Gasteiger partial charge in [0.1, 0.15) is 11.9 Å². The molecule has 4 aliphatic rings. The van der Waals surface area contributed by atoms with Crippen molar-refractivity contribution in [2.45, 2.75) is 70.8 Å². The molecule has 212 valence electrons. The number of carbonyl (C=O) groups excluding carboxylic acids is 3. The van der Waals surface area contributed by atoms with Crippen molar-refractivity contribution in [1.29, 1.82) is 0 Å². The van der Waals surface area contributed by atoms with E-state index < -0.39 is 6.10 Å². The van der Waals surface area contributed by atoms with Gasteiger partial charge in [-0.05, 0) is 36.8 Å². The molecule has 0 spiro atoms. The molecule has 5 unspecified atom stereocenters. The van der Waals surface area contributed by atoms with Crippen LogP contribution in [-0.2, 0) is 19.1 Å². The molecule has 1 saturated carbocycles. The van der Waals surface area contributed by atoms with Gasteiger partial charge in [-0.2, -0.15) is 0 Å². The standard InChI is InChI=1S/C31H44N4O4/c1-2-3-4-5-6-7-8-12-27(36)39-25(21-33-16-18-34(19-17-33)26-11-9-10-15-32-26)22-35-30(37)28-23-13-14-24(20-23)29(28)31(35)38/h9-11,13-15,23-25,28-29H,2-8,12,16-22H2,1H3. The third kappa shape index (κ3) is 6.53. The first-order valence-electron chi connectivity index (χ1n) is 15.2. The predicted octanol–water partition coefficient (Wildman–Crippen LogP) is 4.06. The molecule has 8 heteroatoms. The van der Waals surface area contributed by atoms with Crippen LogP contribution in [0.3, 0.4) is 0 Å². The lowest BCUT2D eigenvalue weighted by Gasteiger charge is -2.37. The van der Waals surface area contributed by atoms with E-state index in [4.69, 9.17) is 4.74 Å². The minimum Gasteiger partial charge on any atom is -0.459 e. The van der Waals surface area contributed by atoms with Crippen LogP contribution in [0.25, 0.3) is 0 Å². The van der Waals surface area contributed by atoms with Crippen LogP contribution < -0.4 is 4.90 Å². The number of esters is 1. The van der Waals surface area contributed by atoms with E-state index in [-0.39, 0.29) is 48.0 Å². The van der Waals surface area contributed by atoms with Crippen LogP contribution in [0.1, 0.15) is 64.7 Å². The van der Waals surface area contributed by atoms with Gasteiger partial charge in [-0.1, -0.05) is 63.7 Å². The molecule has 2 saturated heterocycles. The second-order valence-electron chi connectivity index (χ2n) is 11.7. The topological polar surface area (TPSA) is 83.1 Å². The first-order valence-corrected chi connectivity index (χ1v) is 15.2. The predicted molar refractivity (Wildman–Crippen MR) is 150 cm³/mol. The number of allylic oxidation sites excluding steroid dienone is 2. The molecule has 0 aromatic carbocycles. The van der Waals surface area contributed by atoms with Gasteiger partial charge in [0.05, 0.1) is 18.4 Å². The summed E-state index contributed by atoms with van der Waals surface area (Å²) in [4.78, 5) is 49.9. The maximum atomic E-state index is 13.3. The van der Waals surface area contributed by atoms with E-state index in [0.29, 0.717) is 13.0 Å². The highest BCUT2D eigenvalue weighted by Crippen LogP contribution is 2.52. The van der Waals surface area contributed by atoms with Gasteiger partial charge in [-0.15, -0.1) is 0 Å². The fourth-order valence-corrected chi connectivity index (χ4v) is 6.94. The Labute approximate surface area is 232 Å². The van der Waals surface area contributed by atoms with E-state index in [9.17, 15) is 14.4 Å². The van der Waals surface area contributed by atoms with Crippen LogP contribution in [0.2, 0.25) is 0 Å². The Balaban J connectivity index is 1.16. The van der Waals surface area contributed by atoms with E-state index in [1.54, 1.807) is 0 Å². The van der Waals surface area contributed by atoms with E-state index in [2.05, 4.69) is 33.9 Å². The number of ether oxygens (including phenoxy) is 1. The summed E-state index contributed by atoms with van der Waals surface area (Å²) in [7, 11) is 0. The van der Waals surface area contributed by atoms with Crippen molar-refractivity contribution in [1.82, 2.24) is 14.8 Å². The average Bonchev–Trinajstić information content (AvgIpc) is 3.64. The van der Waals surface area contributed by atoms with Crippen LogP contribution in [0.4, 0.5) is 5.82 Å². The van der Waals surface area contributed by atoms with Crippen LogP contribution in [0.5, 0.6) is 0 Å². The summed E-state index contributed by atoms with van der Waals surface area (Å²) < 4.78 is 5.99. The number of hydrogen-bond donors (Lipinski definition) is 0. The zero-order chi connectivity index (χ0) is 27.2. The SMILES string of the molecule is CCCCCCCCCC(=O)OC(CN1CCN(c2ccccn2)CC1)CN1C(=O)C2C3C=CC(C3)C2C1=O. The molecule has 3 heterocycles. The van der Waals surface area contributed by atoms with Gasteiger partial charge in [-0.3, -0.25) is 24.2 Å². The molecular weight excluding hydrogens is 492 g/mol. The molecule has 39 heavy (non-hydrogen) atoms. The molecule has 2 amide bonds. The summed E-state index contributed by atoms with van der Waals surface area (Å²) in [5, 5.41) is 0. The summed E-state index contributed by atoms with van der Waals surface area (Å²) in [6.45, 7) is 6.17. The third-order valence-electron chi connectivity index (χ3n) is 9.04.